The van der Waals surface area contributed by atoms with Crippen LogP contribution in [0.4, 0.5) is 0 Å². The maximum atomic E-state index is 12.7. The molecule has 3 rings (SSSR count). The Hall–Kier alpha value is -1.83. The lowest BCUT2D eigenvalue weighted by Crippen LogP contribution is -2.45. The van der Waals surface area contributed by atoms with Gasteiger partial charge in [-0.2, -0.15) is 0 Å². The smallest absolute Gasteiger partial charge is 0.224 e. The van der Waals surface area contributed by atoms with Gasteiger partial charge in [-0.05, 0) is 42.7 Å². The fraction of sp³-hybridized carbons (Fsp3) is 0.389. The molecule has 26 heavy (non-hydrogen) atoms. The Labute approximate surface area is 158 Å². The predicted molar refractivity (Wildman–Crippen MR) is 98.9 cm³/mol. The van der Waals surface area contributed by atoms with Crippen LogP contribution >= 0.6 is 11.6 Å². The average molecular weight is 397 g/mol. The minimum atomic E-state index is -3.50. The number of rotatable bonds is 6. The van der Waals surface area contributed by atoms with Crippen molar-refractivity contribution in [1.82, 2.24) is 9.62 Å². The zero-order chi connectivity index (χ0) is 18.6. The zero-order valence-corrected chi connectivity index (χ0v) is 15.8. The monoisotopic (exact) mass is 396 g/mol. The molecule has 8 heteroatoms. The Morgan fingerprint density at radius 3 is 2.88 bits per heavy atom. The molecule has 1 aliphatic rings. The first-order valence-electron chi connectivity index (χ1n) is 8.46. The Morgan fingerprint density at radius 1 is 1.31 bits per heavy atom. The number of nitrogens with zero attached hydrogens (tertiary/aromatic N) is 1. The van der Waals surface area contributed by atoms with Gasteiger partial charge in [-0.1, -0.05) is 23.7 Å². The first-order chi connectivity index (χ1) is 12.4. The summed E-state index contributed by atoms with van der Waals surface area (Å²) < 4.78 is 32.0. The van der Waals surface area contributed by atoms with E-state index < -0.39 is 10.0 Å². The molecule has 2 aromatic rings. The van der Waals surface area contributed by atoms with Gasteiger partial charge >= 0.3 is 0 Å². The van der Waals surface area contributed by atoms with Crippen molar-refractivity contribution in [2.75, 3.05) is 13.1 Å². The lowest BCUT2D eigenvalue weighted by Gasteiger charge is -2.31. The van der Waals surface area contributed by atoms with Crippen LogP contribution in [0, 0.1) is 5.92 Å². The topological polar surface area (TPSA) is 79.6 Å². The van der Waals surface area contributed by atoms with E-state index in [9.17, 15) is 13.2 Å². The molecule has 0 bridgehead atoms. The summed E-state index contributed by atoms with van der Waals surface area (Å²) in [7, 11) is -3.50. The molecule has 1 aromatic carbocycles. The lowest BCUT2D eigenvalue weighted by molar-refractivity contribution is -0.126. The highest BCUT2D eigenvalue weighted by Gasteiger charge is 2.32. The van der Waals surface area contributed by atoms with Crippen LogP contribution in [-0.4, -0.2) is 31.7 Å². The summed E-state index contributed by atoms with van der Waals surface area (Å²) in [5.74, 6) is 0.0467. The van der Waals surface area contributed by atoms with Crippen molar-refractivity contribution in [3.05, 3.63) is 59.0 Å². The molecule has 1 aliphatic heterocycles. The summed E-state index contributed by atoms with van der Waals surface area (Å²) in [5.41, 5.74) is 0.641. The highest BCUT2D eigenvalue weighted by atomic mass is 35.5. The van der Waals surface area contributed by atoms with Crippen LogP contribution in [0.2, 0.25) is 5.02 Å². The molecule has 0 saturated carbocycles. The van der Waals surface area contributed by atoms with Gasteiger partial charge in [0.15, 0.2) is 0 Å². The number of sulfonamides is 1. The summed E-state index contributed by atoms with van der Waals surface area (Å²) >= 11 is 5.93. The molecule has 0 spiro atoms. The van der Waals surface area contributed by atoms with Crippen molar-refractivity contribution >= 4 is 27.5 Å². The molecule has 1 saturated heterocycles. The second-order valence-corrected chi connectivity index (χ2v) is 8.79. The molecule has 2 heterocycles. The van der Waals surface area contributed by atoms with Crippen LogP contribution < -0.4 is 5.32 Å². The third kappa shape index (κ3) is 4.87. The Kier molecular flexibility index (Phi) is 6.01. The standard InChI is InChI=1S/C18H21ClN2O4S/c19-16-6-1-4-14(10-16)13-26(23,24)21-8-2-5-15(12-21)18(22)20-11-17-7-3-9-25-17/h1,3-4,6-7,9-10,15H,2,5,8,11-13H2,(H,20,22). The first-order valence-corrected chi connectivity index (χ1v) is 10.4. The minimum absolute atomic E-state index is 0.117. The second kappa shape index (κ2) is 8.24. The van der Waals surface area contributed by atoms with Crippen LogP contribution in [-0.2, 0) is 27.1 Å². The number of nitrogens with one attached hydrogen (secondary N) is 1. The molecule has 6 nitrogen and oxygen atoms in total. The van der Waals surface area contributed by atoms with E-state index >= 15 is 0 Å². The number of hydrogen-bond acceptors (Lipinski definition) is 4. The predicted octanol–water partition coefficient (Wildman–Crippen LogP) is 2.79. The zero-order valence-electron chi connectivity index (χ0n) is 14.2. The fourth-order valence-electron chi connectivity index (χ4n) is 3.07. The van der Waals surface area contributed by atoms with Gasteiger partial charge in [0.2, 0.25) is 15.9 Å². The van der Waals surface area contributed by atoms with Crippen molar-refractivity contribution in [3.8, 4) is 0 Å². The minimum Gasteiger partial charge on any atom is -0.467 e. The third-order valence-electron chi connectivity index (χ3n) is 4.40. The van der Waals surface area contributed by atoms with E-state index in [1.54, 1.807) is 42.7 Å². The van der Waals surface area contributed by atoms with Crippen molar-refractivity contribution < 1.29 is 17.6 Å². The van der Waals surface area contributed by atoms with E-state index in [0.717, 1.165) is 0 Å². The summed E-state index contributed by atoms with van der Waals surface area (Å²) in [4.78, 5) is 12.4. The maximum absolute atomic E-state index is 12.7. The quantitative estimate of drug-likeness (QED) is 0.814. The summed E-state index contributed by atoms with van der Waals surface area (Å²) in [6, 6.07) is 10.4. The molecule has 1 unspecified atom stereocenters. The van der Waals surface area contributed by atoms with E-state index in [0.29, 0.717) is 42.3 Å². The Morgan fingerprint density at radius 2 is 2.15 bits per heavy atom. The van der Waals surface area contributed by atoms with Crippen molar-refractivity contribution in [2.45, 2.75) is 25.1 Å². The molecular formula is C18H21ClN2O4S. The number of benzene rings is 1. The van der Waals surface area contributed by atoms with Gasteiger partial charge < -0.3 is 9.73 Å². The van der Waals surface area contributed by atoms with Gasteiger partial charge in [0.25, 0.3) is 0 Å². The van der Waals surface area contributed by atoms with Gasteiger partial charge in [0, 0.05) is 18.1 Å². The van der Waals surface area contributed by atoms with E-state index in [1.807, 2.05) is 0 Å². The molecule has 140 valence electrons. The van der Waals surface area contributed by atoms with Crippen molar-refractivity contribution in [2.24, 2.45) is 5.92 Å². The maximum Gasteiger partial charge on any atom is 0.224 e. The van der Waals surface area contributed by atoms with Gasteiger partial charge in [0.05, 0.1) is 24.5 Å². The van der Waals surface area contributed by atoms with Gasteiger partial charge in [-0.15, -0.1) is 0 Å². The van der Waals surface area contributed by atoms with Crippen LogP contribution in [0.1, 0.15) is 24.2 Å². The van der Waals surface area contributed by atoms with Gasteiger partial charge in [-0.3, -0.25) is 4.79 Å². The lowest BCUT2D eigenvalue weighted by atomic mass is 9.99. The number of amides is 1. The normalized spacial score (nSPS) is 18.6. The Bertz CT molecular complexity index is 852. The molecule has 1 N–H and O–H groups in total. The number of carbonyl (C=O) groups is 1. The molecule has 0 radical (unpaired) electrons. The number of carbonyl (C=O) groups excluding carboxylic acids is 1. The average Bonchev–Trinajstić information content (AvgIpc) is 3.13. The number of hydrogen-bond donors (Lipinski definition) is 1. The molecule has 1 atom stereocenters. The summed E-state index contributed by atoms with van der Waals surface area (Å²) in [5, 5.41) is 3.32. The van der Waals surface area contributed by atoms with Gasteiger partial charge in [0.1, 0.15) is 5.76 Å². The third-order valence-corrected chi connectivity index (χ3v) is 6.46. The molecule has 0 aliphatic carbocycles. The molecule has 1 amide bonds. The van der Waals surface area contributed by atoms with Crippen LogP contribution in [0.3, 0.4) is 0 Å². The van der Waals surface area contributed by atoms with Gasteiger partial charge in [-0.25, -0.2) is 12.7 Å². The number of halogens is 1. The SMILES string of the molecule is O=C(NCc1ccco1)C1CCCN(S(=O)(=O)Cc2cccc(Cl)c2)C1. The summed E-state index contributed by atoms with van der Waals surface area (Å²) in [6.45, 7) is 0.940. The number of furan rings is 1. The molecular weight excluding hydrogens is 376 g/mol. The summed E-state index contributed by atoms with van der Waals surface area (Å²) in [6.07, 6.45) is 2.88. The van der Waals surface area contributed by atoms with Crippen LogP contribution in [0.25, 0.3) is 0 Å². The fourth-order valence-corrected chi connectivity index (χ4v) is 4.88. The van der Waals surface area contributed by atoms with E-state index in [4.69, 9.17) is 16.0 Å². The van der Waals surface area contributed by atoms with Crippen molar-refractivity contribution in [1.29, 1.82) is 0 Å². The second-order valence-electron chi connectivity index (χ2n) is 6.38. The highest BCUT2D eigenvalue weighted by Crippen LogP contribution is 2.22. The first kappa shape index (κ1) is 18.9. The Balaban J connectivity index is 1.60. The van der Waals surface area contributed by atoms with E-state index in [-0.39, 0.29) is 24.1 Å². The van der Waals surface area contributed by atoms with Crippen LogP contribution in [0.15, 0.2) is 47.1 Å². The van der Waals surface area contributed by atoms with Crippen molar-refractivity contribution in [3.63, 3.8) is 0 Å². The molecule has 1 aromatic heterocycles. The molecule has 1 fully saturated rings. The van der Waals surface area contributed by atoms with E-state index in [2.05, 4.69) is 5.32 Å². The highest BCUT2D eigenvalue weighted by molar-refractivity contribution is 7.88. The number of piperidine rings is 1. The van der Waals surface area contributed by atoms with E-state index in [1.165, 1.54) is 4.31 Å². The largest absolute Gasteiger partial charge is 0.467 e. The van der Waals surface area contributed by atoms with Crippen LogP contribution in [0.5, 0.6) is 0 Å².